The fraction of sp³-hybridized carbons (Fsp3) is 0.526. The molecular weight excluding hydrogens is 515 g/mol. The zero-order valence-corrected chi connectivity index (χ0v) is 27.5. The largest absolute Gasteiger partial charge is 0.376 e. The van der Waals surface area contributed by atoms with E-state index in [0.29, 0.717) is 29.0 Å². The van der Waals surface area contributed by atoms with E-state index in [0.717, 1.165) is 6.61 Å². The first kappa shape index (κ1) is 28.7. The van der Waals surface area contributed by atoms with Gasteiger partial charge in [0.25, 0.3) is 0 Å². The summed E-state index contributed by atoms with van der Waals surface area (Å²) in [5.74, 6) is 1.28. The zero-order valence-electron chi connectivity index (χ0n) is 26.5. The average molecular weight is 566 g/mol. The number of fused-ring (bicyclic) bond motifs is 6. The lowest BCUT2D eigenvalue weighted by atomic mass is 9.94. The minimum atomic E-state index is -1.81. The first-order chi connectivity index (χ1) is 19.6. The molecule has 5 atom stereocenters. The van der Waals surface area contributed by atoms with Gasteiger partial charge in [0.2, 0.25) is 0 Å². The van der Waals surface area contributed by atoms with E-state index in [1.165, 1.54) is 49.8 Å². The number of nitrogens with zero attached hydrogens (tertiary/aromatic N) is 1. The smallest absolute Gasteiger partial charge is 0.0637 e. The average Bonchev–Trinajstić information content (AvgIpc) is 3.57. The maximum Gasteiger partial charge on any atom is 0.0637 e. The number of rotatable bonds is 9. The third-order valence-corrected chi connectivity index (χ3v) is 15.3. The van der Waals surface area contributed by atoms with Crippen LogP contribution in [0.5, 0.6) is 0 Å². The van der Waals surface area contributed by atoms with Gasteiger partial charge in [-0.25, -0.2) is 0 Å². The van der Waals surface area contributed by atoms with Gasteiger partial charge in [-0.1, -0.05) is 98.6 Å². The van der Waals surface area contributed by atoms with Crippen LogP contribution in [0.3, 0.4) is 0 Å². The third-order valence-electron chi connectivity index (χ3n) is 10.7. The number of anilines is 1. The SMILES string of the molecule is Cc1ccc2c(c1)C1C(c3ccccc3C1[Si](C)(C)C1CC(CCCCCCOC(C)(C)C)c3ccccc31)N2C. The number of aryl methyl sites for hydroxylation is 1. The number of likely N-dealkylation sites (N-methyl/N-ethyl adjacent to an activating group) is 1. The first-order valence-electron chi connectivity index (χ1n) is 16.2. The van der Waals surface area contributed by atoms with Crippen LogP contribution in [-0.2, 0) is 4.74 Å². The van der Waals surface area contributed by atoms with Crippen LogP contribution >= 0.6 is 0 Å². The topological polar surface area (TPSA) is 12.5 Å². The molecule has 0 bridgehead atoms. The van der Waals surface area contributed by atoms with Crippen LogP contribution in [0.1, 0.15) is 122 Å². The van der Waals surface area contributed by atoms with Crippen molar-refractivity contribution in [3.8, 4) is 0 Å². The van der Waals surface area contributed by atoms with Gasteiger partial charge in [0.05, 0.1) is 19.7 Å². The second kappa shape index (κ2) is 11.0. The molecule has 2 nitrogen and oxygen atoms in total. The molecule has 0 saturated carbocycles. The lowest BCUT2D eigenvalue weighted by Gasteiger charge is -2.40. The molecule has 0 fully saturated rings. The summed E-state index contributed by atoms with van der Waals surface area (Å²) in [6.07, 6.45) is 7.79. The Morgan fingerprint density at radius 2 is 1.46 bits per heavy atom. The summed E-state index contributed by atoms with van der Waals surface area (Å²) < 4.78 is 5.95. The van der Waals surface area contributed by atoms with Crippen LogP contribution in [0.2, 0.25) is 13.1 Å². The molecule has 3 aromatic rings. The van der Waals surface area contributed by atoms with Crippen LogP contribution in [0, 0.1) is 6.92 Å². The first-order valence-corrected chi connectivity index (χ1v) is 19.4. The molecule has 0 saturated heterocycles. The molecule has 0 N–H and O–H groups in total. The van der Waals surface area contributed by atoms with E-state index in [1.54, 1.807) is 27.8 Å². The molecule has 3 heteroatoms. The number of hydrogen-bond acceptors (Lipinski definition) is 2. The number of unbranched alkanes of at least 4 members (excludes halogenated alkanes) is 3. The summed E-state index contributed by atoms with van der Waals surface area (Å²) >= 11 is 0. The quantitative estimate of drug-likeness (QED) is 0.189. The van der Waals surface area contributed by atoms with E-state index in [-0.39, 0.29) is 5.60 Å². The molecule has 41 heavy (non-hydrogen) atoms. The van der Waals surface area contributed by atoms with Crippen LogP contribution < -0.4 is 4.90 Å². The van der Waals surface area contributed by atoms with Crippen molar-refractivity contribution >= 4 is 13.8 Å². The lowest BCUT2D eigenvalue weighted by Crippen LogP contribution is -2.43. The summed E-state index contributed by atoms with van der Waals surface area (Å²) in [7, 11) is 0.527. The van der Waals surface area contributed by atoms with Crippen molar-refractivity contribution in [2.24, 2.45) is 0 Å². The van der Waals surface area contributed by atoms with Crippen molar-refractivity contribution < 1.29 is 4.74 Å². The fourth-order valence-corrected chi connectivity index (χ4v) is 13.6. The minimum absolute atomic E-state index is 0.0199. The van der Waals surface area contributed by atoms with Crippen LogP contribution in [-0.4, -0.2) is 27.3 Å². The van der Waals surface area contributed by atoms with Crippen molar-refractivity contribution in [1.82, 2.24) is 0 Å². The molecule has 0 aromatic heterocycles. The third kappa shape index (κ3) is 5.23. The van der Waals surface area contributed by atoms with E-state index >= 15 is 0 Å². The molecule has 0 spiro atoms. The van der Waals surface area contributed by atoms with Crippen LogP contribution in [0.4, 0.5) is 5.69 Å². The zero-order chi connectivity index (χ0) is 28.9. The van der Waals surface area contributed by atoms with Crippen molar-refractivity contribution in [3.05, 3.63) is 100 Å². The standard InChI is InChI=1S/C38H51NOSi/c1-26-21-22-33-32(24-26)35-36(39(33)5)30-19-13-14-20-31(30)37(35)41(6,7)34-25-27(28-17-11-12-18-29(28)34)16-10-8-9-15-23-40-38(2,3)4/h11-14,17-22,24,27,34-37H,8-10,15-16,23,25H2,1-7H3. The molecule has 3 aromatic carbocycles. The molecule has 0 amide bonds. The van der Waals surface area contributed by atoms with Gasteiger partial charge < -0.3 is 9.64 Å². The Hall–Kier alpha value is -2.36. The van der Waals surface area contributed by atoms with Gasteiger partial charge in [-0.2, -0.15) is 0 Å². The number of benzene rings is 3. The Balaban J connectivity index is 1.24. The van der Waals surface area contributed by atoms with Gasteiger partial charge in [-0.15, -0.1) is 0 Å². The van der Waals surface area contributed by atoms with Crippen molar-refractivity contribution in [2.45, 2.75) is 114 Å². The molecule has 218 valence electrons. The van der Waals surface area contributed by atoms with Gasteiger partial charge in [0.1, 0.15) is 0 Å². The van der Waals surface area contributed by atoms with E-state index in [4.69, 9.17) is 4.74 Å². The molecular formula is C38H51NOSi. The van der Waals surface area contributed by atoms with E-state index in [1.807, 2.05) is 0 Å². The van der Waals surface area contributed by atoms with Crippen molar-refractivity contribution in [3.63, 3.8) is 0 Å². The highest BCUT2D eigenvalue weighted by atomic mass is 28.3. The predicted molar refractivity (Wildman–Crippen MR) is 177 cm³/mol. The van der Waals surface area contributed by atoms with Gasteiger partial charge in [-0.05, 0) is 97.8 Å². The second-order valence-corrected chi connectivity index (χ2v) is 19.8. The Labute approximate surface area is 250 Å². The highest BCUT2D eigenvalue weighted by Gasteiger charge is 2.57. The van der Waals surface area contributed by atoms with Gasteiger partial charge in [0, 0.05) is 25.3 Å². The summed E-state index contributed by atoms with van der Waals surface area (Å²) in [4.78, 5) is 2.60. The Kier molecular flexibility index (Phi) is 7.74. The molecule has 6 rings (SSSR count). The summed E-state index contributed by atoms with van der Waals surface area (Å²) in [5.41, 5.74) is 12.3. The predicted octanol–water partition coefficient (Wildman–Crippen LogP) is 10.2. The summed E-state index contributed by atoms with van der Waals surface area (Å²) in [6, 6.07) is 26.7. The molecule has 0 radical (unpaired) electrons. The van der Waals surface area contributed by atoms with E-state index < -0.39 is 8.07 Å². The van der Waals surface area contributed by atoms with Crippen molar-refractivity contribution in [2.75, 3.05) is 18.6 Å². The van der Waals surface area contributed by atoms with Gasteiger partial charge in [-0.3, -0.25) is 0 Å². The van der Waals surface area contributed by atoms with Gasteiger partial charge >= 0.3 is 0 Å². The minimum Gasteiger partial charge on any atom is -0.376 e. The van der Waals surface area contributed by atoms with E-state index in [2.05, 4.69) is 119 Å². The Bertz CT molecular complexity index is 1390. The van der Waals surface area contributed by atoms with E-state index in [9.17, 15) is 0 Å². The Morgan fingerprint density at radius 1 is 0.805 bits per heavy atom. The second-order valence-electron chi connectivity index (χ2n) is 14.8. The van der Waals surface area contributed by atoms with Crippen LogP contribution in [0.25, 0.3) is 0 Å². The normalized spacial score (nSPS) is 24.8. The molecule has 5 unspecified atom stereocenters. The fourth-order valence-electron chi connectivity index (χ4n) is 8.87. The van der Waals surface area contributed by atoms with Crippen LogP contribution in [0.15, 0.2) is 66.7 Å². The molecule has 1 heterocycles. The molecule has 1 aliphatic heterocycles. The Morgan fingerprint density at radius 3 is 2.20 bits per heavy atom. The molecule has 2 aliphatic carbocycles. The maximum absolute atomic E-state index is 5.95. The van der Waals surface area contributed by atoms with Gasteiger partial charge in [0.15, 0.2) is 0 Å². The number of ether oxygens (including phenoxy) is 1. The highest BCUT2D eigenvalue weighted by molar-refractivity contribution is 6.80. The summed E-state index contributed by atoms with van der Waals surface area (Å²) in [6.45, 7) is 15.1. The molecule has 3 aliphatic rings. The lowest BCUT2D eigenvalue weighted by molar-refractivity contribution is -0.00475. The highest BCUT2D eigenvalue weighted by Crippen LogP contribution is 2.65. The monoisotopic (exact) mass is 565 g/mol. The summed E-state index contributed by atoms with van der Waals surface area (Å²) in [5, 5.41) is 0. The number of hydrogen-bond donors (Lipinski definition) is 0. The maximum atomic E-state index is 5.95. The van der Waals surface area contributed by atoms with Crippen molar-refractivity contribution in [1.29, 1.82) is 0 Å².